The minimum atomic E-state index is -0.158. The molecule has 0 unspecified atom stereocenters. The Balaban J connectivity index is 1.67. The summed E-state index contributed by atoms with van der Waals surface area (Å²) in [6.45, 7) is 3.88. The monoisotopic (exact) mass is 380 g/mol. The number of methoxy groups -OCH3 is 2. The second-order valence-electron chi connectivity index (χ2n) is 7.79. The molecular weight excluding hydrogens is 352 g/mol. The van der Waals surface area contributed by atoms with Crippen molar-refractivity contribution in [1.29, 1.82) is 0 Å². The number of hydrogen-bond acceptors (Lipinski definition) is 4. The van der Waals surface area contributed by atoms with Crippen molar-refractivity contribution < 1.29 is 14.3 Å². The van der Waals surface area contributed by atoms with Crippen LogP contribution >= 0.6 is 0 Å². The minimum absolute atomic E-state index is 0.0512. The van der Waals surface area contributed by atoms with Gasteiger partial charge in [-0.05, 0) is 67.7 Å². The van der Waals surface area contributed by atoms with Gasteiger partial charge in [0, 0.05) is 18.1 Å². The fraction of sp³-hybridized carbons (Fsp3) is 0.435. The van der Waals surface area contributed by atoms with Crippen molar-refractivity contribution in [3.8, 4) is 5.75 Å². The number of fused-ring (bicyclic) bond motifs is 2. The highest BCUT2D eigenvalue weighted by Crippen LogP contribution is 2.51. The molecule has 1 amide bonds. The third-order valence-electron chi connectivity index (χ3n) is 6.37. The smallest absolute Gasteiger partial charge is 0.251 e. The van der Waals surface area contributed by atoms with E-state index in [1.54, 1.807) is 14.2 Å². The van der Waals surface area contributed by atoms with Gasteiger partial charge in [0.25, 0.3) is 5.91 Å². The summed E-state index contributed by atoms with van der Waals surface area (Å²) in [6.07, 6.45) is 1.95. The van der Waals surface area contributed by atoms with Crippen molar-refractivity contribution in [2.24, 2.45) is 0 Å². The third kappa shape index (κ3) is 2.99. The molecule has 5 nitrogen and oxygen atoms in total. The molecule has 1 heterocycles. The summed E-state index contributed by atoms with van der Waals surface area (Å²) in [5.41, 5.74) is 4.02. The Bertz CT molecular complexity index is 874. The summed E-state index contributed by atoms with van der Waals surface area (Å²) >= 11 is 0. The van der Waals surface area contributed by atoms with Crippen LogP contribution in [0.1, 0.15) is 45.9 Å². The fourth-order valence-electron chi connectivity index (χ4n) is 5.04. The lowest BCUT2D eigenvalue weighted by atomic mass is 9.72. The Hall–Kier alpha value is -2.37. The van der Waals surface area contributed by atoms with Crippen molar-refractivity contribution in [2.75, 3.05) is 27.3 Å². The topological polar surface area (TPSA) is 59.6 Å². The number of ether oxygens (including phenoxy) is 2. The average molecular weight is 380 g/mol. The highest BCUT2D eigenvalue weighted by atomic mass is 16.5. The van der Waals surface area contributed by atoms with Gasteiger partial charge in [-0.2, -0.15) is 0 Å². The number of hydrogen-bond donors (Lipinski definition) is 2. The van der Waals surface area contributed by atoms with E-state index in [1.807, 2.05) is 31.2 Å². The Labute approximate surface area is 166 Å². The van der Waals surface area contributed by atoms with Gasteiger partial charge < -0.3 is 20.1 Å². The van der Waals surface area contributed by atoms with Crippen LogP contribution in [0, 0.1) is 6.92 Å². The number of aryl methyl sites for hydroxylation is 1. The second-order valence-corrected chi connectivity index (χ2v) is 7.79. The lowest BCUT2D eigenvalue weighted by molar-refractivity contribution is 0.00397. The van der Waals surface area contributed by atoms with Crippen molar-refractivity contribution in [1.82, 2.24) is 10.6 Å². The lowest BCUT2D eigenvalue weighted by Gasteiger charge is -2.40. The van der Waals surface area contributed by atoms with E-state index >= 15 is 0 Å². The zero-order valence-electron chi connectivity index (χ0n) is 16.7. The van der Waals surface area contributed by atoms with E-state index in [0.29, 0.717) is 5.56 Å². The van der Waals surface area contributed by atoms with Crippen molar-refractivity contribution in [3.05, 3.63) is 64.7 Å². The number of benzene rings is 2. The molecule has 1 fully saturated rings. The second kappa shape index (κ2) is 7.57. The van der Waals surface area contributed by atoms with Crippen LogP contribution in [0.25, 0.3) is 0 Å². The van der Waals surface area contributed by atoms with Gasteiger partial charge in [0.15, 0.2) is 0 Å². The Morgan fingerprint density at radius 2 is 1.89 bits per heavy atom. The average Bonchev–Trinajstić information content (AvgIpc) is 2.97. The molecule has 1 aliphatic heterocycles. The van der Waals surface area contributed by atoms with Crippen LogP contribution in [0.15, 0.2) is 42.5 Å². The predicted molar refractivity (Wildman–Crippen MR) is 109 cm³/mol. The van der Waals surface area contributed by atoms with Crippen LogP contribution in [0.3, 0.4) is 0 Å². The molecule has 4 rings (SSSR count). The van der Waals surface area contributed by atoms with Crippen LogP contribution in [0.5, 0.6) is 5.75 Å². The van der Waals surface area contributed by atoms with Crippen molar-refractivity contribution in [3.63, 3.8) is 0 Å². The van der Waals surface area contributed by atoms with Gasteiger partial charge in [0.2, 0.25) is 0 Å². The van der Waals surface area contributed by atoms with Gasteiger partial charge in [0.1, 0.15) is 5.75 Å². The summed E-state index contributed by atoms with van der Waals surface area (Å²) in [5, 5.41) is 6.72. The highest BCUT2D eigenvalue weighted by Gasteiger charge is 2.53. The number of nitrogens with one attached hydrogen (secondary N) is 2. The Morgan fingerprint density at radius 1 is 1.14 bits per heavy atom. The molecule has 0 radical (unpaired) electrons. The normalized spacial score (nSPS) is 22.7. The van der Waals surface area contributed by atoms with E-state index in [0.717, 1.165) is 37.2 Å². The predicted octanol–water partition coefficient (Wildman–Crippen LogP) is 3.12. The van der Waals surface area contributed by atoms with E-state index in [2.05, 4.69) is 28.8 Å². The SMILES string of the molecule is COc1ccc(C(=O)N[C@H]2c3ccccc3C3(CCNCC3)[C@@H]2OC)cc1C. The number of amides is 1. The fourth-order valence-corrected chi connectivity index (χ4v) is 5.04. The summed E-state index contributed by atoms with van der Waals surface area (Å²) in [4.78, 5) is 13.1. The van der Waals surface area contributed by atoms with Crippen LogP contribution in [0.2, 0.25) is 0 Å². The summed E-state index contributed by atoms with van der Waals surface area (Å²) < 4.78 is 11.3. The molecule has 1 saturated heterocycles. The molecule has 0 saturated carbocycles. The van der Waals surface area contributed by atoms with Crippen LogP contribution in [-0.4, -0.2) is 39.3 Å². The van der Waals surface area contributed by atoms with Gasteiger partial charge in [-0.25, -0.2) is 0 Å². The van der Waals surface area contributed by atoms with Gasteiger partial charge in [-0.3, -0.25) is 4.79 Å². The number of piperidine rings is 1. The molecule has 5 heteroatoms. The van der Waals surface area contributed by atoms with Gasteiger partial charge in [-0.1, -0.05) is 24.3 Å². The van der Waals surface area contributed by atoms with Crippen molar-refractivity contribution >= 4 is 5.91 Å². The molecule has 2 aromatic carbocycles. The minimum Gasteiger partial charge on any atom is -0.496 e. The van der Waals surface area contributed by atoms with E-state index in [9.17, 15) is 4.79 Å². The zero-order chi connectivity index (χ0) is 19.7. The molecule has 28 heavy (non-hydrogen) atoms. The van der Waals surface area contributed by atoms with E-state index in [-0.39, 0.29) is 23.5 Å². The van der Waals surface area contributed by atoms with Crippen LogP contribution in [0.4, 0.5) is 0 Å². The van der Waals surface area contributed by atoms with Gasteiger partial charge in [0.05, 0.1) is 19.3 Å². The number of rotatable bonds is 4. The Morgan fingerprint density at radius 3 is 2.57 bits per heavy atom. The molecular formula is C23H28N2O3. The quantitative estimate of drug-likeness (QED) is 0.856. The van der Waals surface area contributed by atoms with Crippen molar-refractivity contribution in [2.45, 2.75) is 37.3 Å². The molecule has 2 aliphatic rings. The first kappa shape index (κ1) is 19.0. The number of carbonyl (C=O) groups is 1. The first-order valence-electron chi connectivity index (χ1n) is 9.89. The standard InChI is InChI=1S/C23H28N2O3/c1-15-14-16(8-9-19(15)27-2)22(26)25-20-17-6-4-5-7-18(17)23(21(20)28-3)10-12-24-13-11-23/h4-9,14,20-21,24H,10-13H2,1-3H3,(H,25,26)/t20-,21+/m0/s1. The summed E-state index contributed by atoms with van der Waals surface area (Å²) in [5.74, 6) is 0.699. The first-order chi connectivity index (χ1) is 13.6. The van der Waals surface area contributed by atoms with Crippen LogP contribution in [-0.2, 0) is 10.2 Å². The molecule has 1 aliphatic carbocycles. The maximum atomic E-state index is 13.1. The molecule has 2 aromatic rings. The maximum Gasteiger partial charge on any atom is 0.251 e. The number of carbonyl (C=O) groups excluding carboxylic acids is 1. The van der Waals surface area contributed by atoms with Crippen LogP contribution < -0.4 is 15.4 Å². The Kier molecular flexibility index (Phi) is 5.13. The van der Waals surface area contributed by atoms with Gasteiger partial charge >= 0.3 is 0 Å². The highest BCUT2D eigenvalue weighted by molar-refractivity contribution is 5.95. The molecule has 2 atom stereocenters. The van der Waals surface area contributed by atoms with E-state index < -0.39 is 0 Å². The maximum absolute atomic E-state index is 13.1. The molecule has 0 aromatic heterocycles. The van der Waals surface area contributed by atoms with E-state index in [1.165, 1.54) is 11.1 Å². The summed E-state index contributed by atoms with van der Waals surface area (Å²) in [7, 11) is 3.40. The zero-order valence-corrected chi connectivity index (χ0v) is 16.7. The lowest BCUT2D eigenvalue weighted by Crippen LogP contribution is -2.49. The molecule has 0 bridgehead atoms. The van der Waals surface area contributed by atoms with E-state index in [4.69, 9.17) is 9.47 Å². The third-order valence-corrected chi connectivity index (χ3v) is 6.37. The summed E-state index contributed by atoms with van der Waals surface area (Å²) in [6, 6.07) is 13.8. The first-order valence-corrected chi connectivity index (χ1v) is 9.89. The van der Waals surface area contributed by atoms with Gasteiger partial charge in [-0.15, -0.1) is 0 Å². The molecule has 148 valence electrons. The largest absolute Gasteiger partial charge is 0.496 e. The molecule has 2 N–H and O–H groups in total. The molecule has 1 spiro atoms.